The van der Waals surface area contributed by atoms with Gasteiger partial charge in [-0.05, 0) is 18.4 Å². The number of carbonyl (C=O) groups is 2. The van der Waals surface area contributed by atoms with Crippen LogP contribution in [0.15, 0.2) is 30.3 Å². The van der Waals surface area contributed by atoms with E-state index in [1.807, 2.05) is 30.3 Å². The van der Waals surface area contributed by atoms with Crippen molar-refractivity contribution in [1.82, 2.24) is 10.2 Å². The number of benzene rings is 1. The molecular formula is C14H16N2O3S. The van der Waals surface area contributed by atoms with E-state index in [0.717, 1.165) is 18.4 Å². The third kappa shape index (κ3) is 4.03. The summed E-state index contributed by atoms with van der Waals surface area (Å²) in [7, 11) is 0. The normalized spacial score (nSPS) is 13.9. The van der Waals surface area contributed by atoms with Crippen LogP contribution in [-0.2, 0) is 16.1 Å². The molecule has 0 atom stereocenters. The van der Waals surface area contributed by atoms with E-state index in [9.17, 15) is 9.59 Å². The Bertz CT molecular complexity index is 498. The molecule has 0 aromatic heterocycles. The maximum Gasteiger partial charge on any atom is 0.412 e. The van der Waals surface area contributed by atoms with Gasteiger partial charge in [-0.3, -0.25) is 10.1 Å². The van der Waals surface area contributed by atoms with Gasteiger partial charge in [0.05, 0.1) is 0 Å². The van der Waals surface area contributed by atoms with E-state index in [4.69, 9.17) is 17.0 Å². The van der Waals surface area contributed by atoms with Crippen LogP contribution < -0.4 is 5.32 Å². The van der Waals surface area contributed by atoms with Gasteiger partial charge in [0.25, 0.3) is 5.91 Å². The summed E-state index contributed by atoms with van der Waals surface area (Å²) < 4.78 is 5.00. The minimum absolute atomic E-state index is 0.107. The molecule has 1 heterocycles. The first kappa shape index (κ1) is 14.5. The van der Waals surface area contributed by atoms with E-state index < -0.39 is 6.09 Å². The highest BCUT2D eigenvalue weighted by atomic mass is 32.1. The molecule has 2 rings (SSSR count). The number of rotatable bonds is 2. The number of hydrogen-bond acceptors (Lipinski definition) is 4. The van der Waals surface area contributed by atoms with E-state index in [-0.39, 0.29) is 17.5 Å². The molecule has 2 amide bonds. The van der Waals surface area contributed by atoms with Crippen LogP contribution in [-0.4, -0.2) is 35.0 Å². The van der Waals surface area contributed by atoms with Crippen molar-refractivity contribution < 1.29 is 14.3 Å². The molecule has 1 aromatic carbocycles. The first-order valence-corrected chi connectivity index (χ1v) is 6.88. The summed E-state index contributed by atoms with van der Waals surface area (Å²) in [6.07, 6.45) is 1.26. The number of thiocarbonyl (C=S) groups is 1. The molecule has 0 radical (unpaired) electrons. The van der Waals surface area contributed by atoms with Gasteiger partial charge in [-0.1, -0.05) is 42.5 Å². The summed E-state index contributed by atoms with van der Waals surface area (Å²) in [4.78, 5) is 25.0. The second kappa shape index (κ2) is 7.00. The minimum atomic E-state index is -0.702. The molecule has 0 aliphatic carbocycles. The standard InChI is InChI=1S/C14H16N2O3S/c17-13(16-8-4-5-9-16)12(20)15-14(18)19-10-11-6-2-1-3-7-11/h1-3,6-7H,4-5,8-10H2,(H,15,18,20). The molecule has 106 valence electrons. The Hall–Kier alpha value is -1.95. The first-order valence-electron chi connectivity index (χ1n) is 6.48. The summed E-state index contributed by atoms with van der Waals surface area (Å²) in [5.41, 5.74) is 0.874. The SMILES string of the molecule is O=C(NC(=S)C(=O)N1CCCC1)OCc1ccccc1. The summed E-state index contributed by atoms with van der Waals surface area (Å²) in [6.45, 7) is 1.53. The van der Waals surface area contributed by atoms with Gasteiger partial charge in [0.15, 0.2) is 4.99 Å². The van der Waals surface area contributed by atoms with Gasteiger partial charge in [0, 0.05) is 13.1 Å². The molecule has 1 N–H and O–H groups in total. The number of carbonyl (C=O) groups excluding carboxylic acids is 2. The van der Waals surface area contributed by atoms with Crippen molar-refractivity contribution in [3.63, 3.8) is 0 Å². The highest BCUT2D eigenvalue weighted by molar-refractivity contribution is 7.82. The smallest absolute Gasteiger partial charge is 0.412 e. The fraction of sp³-hybridized carbons (Fsp3) is 0.357. The molecule has 1 aromatic rings. The summed E-state index contributed by atoms with van der Waals surface area (Å²) >= 11 is 4.92. The van der Waals surface area contributed by atoms with Gasteiger partial charge < -0.3 is 9.64 Å². The van der Waals surface area contributed by atoms with Crippen LogP contribution in [0.3, 0.4) is 0 Å². The molecule has 1 aliphatic heterocycles. The molecule has 0 bridgehead atoms. The van der Waals surface area contributed by atoms with E-state index >= 15 is 0 Å². The lowest BCUT2D eigenvalue weighted by molar-refractivity contribution is -0.123. The van der Waals surface area contributed by atoms with E-state index in [0.29, 0.717) is 13.1 Å². The minimum Gasteiger partial charge on any atom is -0.444 e. The van der Waals surface area contributed by atoms with Crippen LogP contribution >= 0.6 is 12.2 Å². The van der Waals surface area contributed by atoms with Crippen molar-refractivity contribution in [2.75, 3.05) is 13.1 Å². The number of alkyl carbamates (subject to hydrolysis) is 1. The van der Waals surface area contributed by atoms with Crippen molar-refractivity contribution in [3.05, 3.63) is 35.9 Å². The number of nitrogens with zero attached hydrogens (tertiary/aromatic N) is 1. The monoisotopic (exact) mass is 292 g/mol. The lowest BCUT2D eigenvalue weighted by Crippen LogP contribution is -2.42. The largest absolute Gasteiger partial charge is 0.444 e. The van der Waals surface area contributed by atoms with Gasteiger partial charge in [-0.15, -0.1) is 0 Å². The Kier molecular flexibility index (Phi) is 5.06. The average Bonchev–Trinajstić information content (AvgIpc) is 2.99. The number of hydrogen-bond donors (Lipinski definition) is 1. The highest BCUT2D eigenvalue weighted by Gasteiger charge is 2.23. The Labute approximate surface area is 122 Å². The van der Waals surface area contributed by atoms with Crippen LogP contribution in [0, 0.1) is 0 Å². The van der Waals surface area contributed by atoms with Gasteiger partial charge in [-0.25, -0.2) is 4.79 Å². The molecule has 5 nitrogen and oxygen atoms in total. The third-order valence-corrected chi connectivity index (χ3v) is 3.29. The molecule has 1 fully saturated rings. The Balaban J connectivity index is 1.76. The van der Waals surface area contributed by atoms with E-state index in [1.54, 1.807) is 4.90 Å². The second-order valence-corrected chi connectivity index (χ2v) is 4.92. The molecule has 6 heteroatoms. The average molecular weight is 292 g/mol. The van der Waals surface area contributed by atoms with Crippen molar-refractivity contribution in [1.29, 1.82) is 0 Å². The predicted octanol–water partition coefficient (Wildman–Crippen LogP) is 1.86. The second-order valence-electron chi connectivity index (χ2n) is 4.52. The van der Waals surface area contributed by atoms with E-state index in [2.05, 4.69) is 5.32 Å². The molecule has 0 saturated carbocycles. The summed E-state index contributed by atoms with van der Waals surface area (Å²) in [5, 5.41) is 2.31. The molecule has 0 spiro atoms. The van der Waals surface area contributed by atoms with Crippen LogP contribution in [0.5, 0.6) is 0 Å². The van der Waals surface area contributed by atoms with Crippen molar-refractivity contribution in [2.24, 2.45) is 0 Å². The van der Waals surface area contributed by atoms with Crippen molar-refractivity contribution in [3.8, 4) is 0 Å². The number of nitrogens with one attached hydrogen (secondary N) is 1. The zero-order valence-corrected chi connectivity index (χ0v) is 11.8. The van der Waals surface area contributed by atoms with Crippen LogP contribution in [0.2, 0.25) is 0 Å². The lowest BCUT2D eigenvalue weighted by atomic mass is 10.2. The summed E-state index contributed by atoms with van der Waals surface area (Å²) in [5.74, 6) is -0.311. The predicted molar refractivity (Wildman–Crippen MR) is 78.2 cm³/mol. The number of likely N-dealkylation sites (tertiary alicyclic amines) is 1. The zero-order chi connectivity index (χ0) is 14.4. The van der Waals surface area contributed by atoms with Crippen LogP contribution in [0.1, 0.15) is 18.4 Å². The zero-order valence-electron chi connectivity index (χ0n) is 11.0. The Morgan fingerprint density at radius 3 is 2.50 bits per heavy atom. The van der Waals surface area contributed by atoms with Gasteiger partial charge >= 0.3 is 6.09 Å². The topological polar surface area (TPSA) is 58.6 Å². The molecule has 20 heavy (non-hydrogen) atoms. The lowest BCUT2D eigenvalue weighted by Gasteiger charge is -2.15. The van der Waals surface area contributed by atoms with Crippen molar-refractivity contribution >= 4 is 29.2 Å². The molecule has 0 unspecified atom stereocenters. The Morgan fingerprint density at radius 1 is 1.20 bits per heavy atom. The maximum absolute atomic E-state index is 11.9. The fourth-order valence-electron chi connectivity index (χ4n) is 1.97. The number of ether oxygens (including phenoxy) is 1. The third-order valence-electron chi connectivity index (χ3n) is 3.02. The fourth-order valence-corrected chi connectivity index (χ4v) is 2.18. The van der Waals surface area contributed by atoms with Gasteiger partial charge in [0.2, 0.25) is 0 Å². The first-order chi connectivity index (χ1) is 9.66. The molecular weight excluding hydrogens is 276 g/mol. The van der Waals surface area contributed by atoms with Crippen LogP contribution in [0.25, 0.3) is 0 Å². The van der Waals surface area contributed by atoms with Gasteiger partial charge in [0.1, 0.15) is 6.61 Å². The number of amides is 2. The highest BCUT2D eigenvalue weighted by Crippen LogP contribution is 2.07. The van der Waals surface area contributed by atoms with E-state index in [1.165, 1.54) is 0 Å². The summed E-state index contributed by atoms with van der Waals surface area (Å²) in [6, 6.07) is 9.30. The molecule has 1 saturated heterocycles. The van der Waals surface area contributed by atoms with Crippen molar-refractivity contribution in [2.45, 2.75) is 19.4 Å². The maximum atomic E-state index is 11.9. The Morgan fingerprint density at radius 2 is 1.85 bits per heavy atom. The van der Waals surface area contributed by atoms with Crippen LogP contribution in [0.4, 0.5) is 4.79 Å². The molecule has 1 aliphatic rings. The quantitative estimate of drug-likeness (QED) is 0.845. The van der Waals surface area contributed by atoms with Gasteiger partial charge in [-0.2, -0.15) is 0 Å².